The molecule has 1 rings (SSSR count). The number of amides is 1. The predicted octanol–water partition coefficient (Wildman–Crippen LogP) is 1.03. The van der Waals surface area contributed by atoms with Crippen LogP contribution in [0.1, 0.15) is 25.7 Å². The Morgan fingerprint density at radius 2 is 2.24 bits per heavy atom. The Balaban J connectivity index is 2.25. The fourth-order valence-electron chi connectivity index (χ4n) is 2.05. The van der Waals surface area contributed by atoms with E-state index in [2.05, 4.69) is 5.32 Å². The minimum atomic E-state index is -0.0598. The first-order chi connectivity index (χ1) is 8.26. The second-order valence-electron chi connectivity index (χ2n) is 4.49. The van der Waals surface area contributed by atoms with E-state index in [-0.39, 0.29) is 18.6 Å². The zero-order chi connectivity index (χ0) is 12.5. The smallest absolute Gasteiger partial charge is 0.220 e. The topological polar surface area (TPSA) is 58.6 Å². The van der Waals surface area contributed by atoms with Gasteiger partial charge in [-0.3, -0.25) is 4.79 Å². The third kappa shape index (κ3) is 6.29. The van der Waals surface area contributed by atoms with E-state index in [1.54, 1.807) is 7.11 Å². The monoisotopic (exact) mass is 261 g/mol. The summed E-state index contributed by atoms with van der Waals surface area (Å²) in [6.45, 7) is 0.543. The fourth-order valence-corrected chi connectivity index (χ4v) is 3.26. The van der Waals surface area contributed by atoms with Gasteiger partial charge in [0.2, 0.25) is 5.91 Å². The Hall–Kier alpha value is -0.260. The SMILES string of the molecule is COCC(CCO)NC(=O)CC1CCSCC1. The molecule has 0 aliphatic carbocycles. The molecule has 5 heteroatoms. The lowest BCUT2D eigenvalue weighted by atomic mass is 9.98. The lowest BCUT2D eigenvalue weighted by Gasteiger charge is -2.22. The molecule has 0 radical (unpaired) electrons. The summed E-state index contributed by atoms with van der Waals surface area (Å²) < 4.78 is 5.02. The quantitative estimate of drug-likeness (QED) is 0.719. The second-order valence-corrected chi connectivity index (χ2v) is 5.72. The van der Waals surface area contributed by atoms with Crippen molar-refractivity contribution >= 4 is 17.7 Å². The first-order valence-electron chi connectivity index (χ1n) is 6.23. The van der Waals surface area contributed by atoms with Gasteiger partial charge in [-0.05, 0) is 36.7 Å². The number of hydrogen-bond donors (Lipinski definition) is 2. The Morgan fingerprint density at radius 1 is 1.53 bits per heavy atom. The number of methoxy groups -OCH3 is 1. The number of carbonyl (C=O) groups excluding carboxylic acids is 1. The van der Waals surface area contributed by atoms with E-state index < -0.39 is 0 Å². The van der Waals surface area contributed by atoms with Gasteiger partial charge >= 0.3 is 0 Å². The molecule has 1 fully saturated rings. The van der Waals surface area contributed by atoms with Gasteiger partial charge in [-0.25, -0.2) is 0 Å². The average molecular weight is 261 g/mol. The minimum Gasteiger partial charge on any atom is -0.396 e. The number of rotatable bonds is 7. The number of aliphatic hydroxyl groups excluding tert-OH is 1. The summed E-state index contributed by atoms with van der Waals surface area (Å²) in [6.07, 6.45) is 3.46. The first kappa shape index (κ1) is 14.8. The Bertz CT molecular complexity index is 214. The number of hydrogen-bond acceptors (Lipinski definition) is 4. The molecule has 17 heavy (non-hydrogen) atoms. The van der Waals surface area contributed by atoms with Crippen LogP contribution < -0.4 is 5.32 Å². The van der Waals surface area contributed by atoms with E-state index in [0.717, 1.165) is 12.8 Å². The zero-order valence-electron chi connectivity index (χ0n) is 10.5. The molecule has 4 nitrogen and oxygen atoms in total. The van der Waals surface area contributed by atoms with E-state index in [1.807, 2.05) is 11.8 Å². The van der Waals surface area contributed by atoms with Crippen molar-refractivity contribution in [1.29, 1.82) is 0 Å². The molecular weight excluding hydrogens is 238 g/mol. The van der Waals surface area contributed by atoms with Crippen LogP contribution in [0.5, 0.6) is 0 Å². The summed E-state index contributed by atoms with van der Waals surface area (Å²) in [7, 11) is 1.61. The van der Waals surface area contributed by atoms with Crippen LogP contribution in [0, 0.1) is 5.92 Å². The zero-order valence-corrected chi connectivity index (χ0v) is 11.3. The molecule has 2 N–H and O–H groups in total. The molecule has 0 spiro atoms. The van der Waals surface area contributed by atoms with Crippen LogP contribution in [0.4, 0.5) is 0 Å². The van der Waals surface area contributed by atoms with E-state index in [0.29, 0.717) is 25.4 Å². The molecule has 1 aliphatic rings. The molecule has 1 amide bonds. The molecule has 1 aliphatic heterocycles. The standard InChI is InChI=1S/C12H23NO3S/c1-16-9-11(2-5-14)13-12(15)8-10-3-6-17-7-4-10/h10-11,14H,2-9H2,1H3,(H,13,15). The van der Waals surface area contributed by atoms with Gasteiger partial charge in [0.1, 0.15) is 0 Å². The van der Waals surface area contributed by atoms with Crippen LogP contribution in [-0.4, -0.2) is 48.9 Å². The van der Waals surface area contributed by atoms with Gasteiger partial charge in [0, 0.05) is 20.1 Å². The van der Waals surface area contributed by atoms with Gasteiger partial charge < -0.3 is 15.2 Å². The van der Waals surface area contributed by atoms with E-state index in [9.17, 15) is 4.79 Å². The van der Waals surface area contributed by atoms with E-state index in [4.69, 9.17) is 9.84 Å². The molecule has 1 saturated heterocycles. The molecule has 1 heterocycles. The molecule has 0 bridgehead atoms. The highest BCUT2D eigenvalue weighted by Crippen LogP contribution is 2.25. The molecule has 0 aromatic heterocycles. The van der Waals surface area contributed by atoms with Gasteiger partial charge in [-0.1, -0.05) is 0 Å². The van der Waals surface area contributed by atoms with E-state index >= 15 is 0 Å². The van der Waals surface area contributed by atoms with Crippen molar-refractivity contribution < 1.29 is 14.6 Å². The van der Waals surface area contributed by atoms with Crippen LogP contribution in [0.2, 0.25) is 0 Å². The van der Waals surface area contributed by atoms with Crippen molar-refractivity contribution in [1.82, 2.24) is 5.32 Å². The number of aliphatic hydroxyl groups is 1. The number of thioether (sulfide) groups is 1. The number of ether oxygens (including phenoxy) is 1. The molecule has 1 unspecified atom stereocenters. The van der Waals surface area contributed by atoms with Crippen molar-refractivity contribution in [2.45, 2.75) is 31.7 Å². The molecule has 0 aromatic carbocycles. The second kappa shape index (κ2) is 8.78. The number of nitrogens with one attached hydrogen (secondary N) is 1. The fraction of sp³-hybridized carbons (Fsp3) is 0.917. The van der Waals surface area contributed by atoms with Crippen LogP contribution in [0.3, 0.4) is 0 Å². The van der Waals surface area contributed by atoms with Crippen molar-refractivity contribution in [3.63, 3.8) is 0 Å². The highest BCUT2D eigenvalue weighted by Gasteiger charge is 2.19. The lowest BCUT2D eigenvalue weighted by molar-refractivity contribution is -0.123. The van der Waals surface area contributed by atoms with Gasteiger partial charge in [-0.15, -0.1) is 0 Å². The molecule has 0 aromatic rings. The molecule has 0 saturated carbocycles. The third-order valence-electron chi connectivity index (χ3n) is 3.03. The summed E-state index contributed by atoms with van der Waals surface area (Å²) in [6, 6.07) is -0.0598. The van der Waals surface area contributed by atoms with Gasteiger partial charge in [0.15, 0.2) is 0 Å². The molecule has 100 valence electrons. The lowest BCUT2D eigenvalue weighted by Crippen LogP contribution is -2.39. The van der Waals surface area contributed by atoms with Gasteiger partial charge in [0.05, 0.1) is 12.6 Å². The summed E-state index contributed by atoms with van der Waals surface area (Å²) in [5, 5.41) is 11.8. The Kier molecular flexibility index (Phi) is 7.64. The Morgan fingerprint density at radius 3 is 2.82 bits per heavy atom. The van der Waals surface area contributed by atoms with Crippen molar-refractivity contribution in [2.24, 2.45) is 5.92 Å². The third-order valence-corrected chi connectivity index (χ3v) is 4.07. The van der Waals surface area contributed by atoms with Crippen LogP contribution in [0.15, 0.2) is 0 Å². The van der Waals surface area contributed by atoms with Crippen molar-refractivity contribution in [3.05, 3.63) is 0 Å². The van der Waals surface area contributed by atoms with Crippen LogP contribution >= 0.6 is 11.8 Å². The maximum Gasteiger partial charge on any atom is 0.220 e. The van der Waals surface area contributed by atoms with Crippen LogP contribution in [0.25, 0.3) is 0 Å². The molecular formula is C12H23NO3S. The highest BCUT2D eigenvalue weighted by atomic mass is 32.2. The van der Waals surface area contributed by atoms with E-state index in [1.165, 1.54) is 11.5 Å². The summed E-state index contributed by atoms with van der Waals surface area (Å²) in [4.78, 5) is 11.8. The van der Waals surface area contributed by atoms with Crippen molar-refractivity contribution in [2.75, 3.05) is 31.8 Å². The predicted molar refractivity (Wildman–Crippen MR) is 70.2 cm³/mol. The highest BCUT2D eigenvalue weighted by molar-refractivity contribution is 7.99. The first-order valence-corrected chi connectivity index (χ1v) is 7.38. The minimum absolute atomic E-state index is 0.0598. The maximum absolute atomic E-state index is 11.8. The normalized spacial score (nSPS) is 18.9. The van der Waals surface area contributed by atoms with Gasteiger partial charge in [-0.2, -0.15) is 11.8 Å². The van der Waals surface area contributed by atoms with Gasteiger partial charge in [0.25, 0.3) is 0 Å². The number of carbonyl (C=O) groups is 1. The summed E-state index contributed by atoms with van der Waals surface area (Å²) in [5.74, 6) is 2.98. The van der Waals surface area contributed by atoms with Crippen LogP contribution in [-0.2, 0) is 9.53 Å². The van der Waals surface area contributed by atoms with Crippen molar-refractivity contribution in [3.8, 4) is 0 Å². The molecule has 1 atom stereocenters. The maximum atomic E-state index is 11.8. The summed E-state index contributed by atoms with van der Waals surface area (Å²) in [5.41, 5.74) is 0. The Labute approximate surface area is 107 Å². The summed E-state index contributed by atoms with van der Waals surface area (Å²) >= 11 is 1.97. The largest absolute Gasteiger partial charge is 0.396 e. The average Bonchev–Trinajstić information content (AvgIpc) is 2.30.